The van der Waals surface area contributed by atoms with E-state index in [9.17, 15) is 58.9 Å². The largest absolute Gasteiger partial charge is 0.379 e. The maximum atomic E-state index is 13.1. The Morgan fingerprint density at radius 1 is 0.310 bits per heavy atom. The summed E-state index contributed by atoms with van der Waals surface area (Å²) >= 11 is 38.3. The van der Waals surface area contributed by atoms with Crippen LogP contribution in [0.2, 0.25) is 30.1 Å². The average molecular weight is 2300 g/mol. The number of sulfone groups is 2. The zero-order valence-corrected chi connectivity index (χ0v) is 92.4. The standard InChI is InChI=1S/C39H47Cl2N3O9S3.C25H33Cl2NO5S.C24H33Cl2N3O5S.C12H8Cl2O4S2/c1-3-23-54(45,46)33-11-7-29(8-12-33)30-9-13-34(14-10-30)55(47,48)42-15-17-51-19-21-53-22-20-52-18-16-43-56(49,50)35-6-4-5-31(24-35)37-27-44(2)28-38-36(37)25-32(40)26-39(38)41;1-3-31-9-10-33-12-11-32-8-5-13-34(29,30)21-7-4-6-19(14-21)23-17-28(2)18-24-22(23)15-20(26)16-25(24)27;1-29-16-22(21-14-19(25)15-24(26)23(21)17-29)18-3-2-4-20(13-18)35(30,31)28-6-8-33-10-12-34-11-9-32-7-5-27;13-19(15,16)11-5-1-9(2-6-11)10-3-7-12(8-4-10)20(14,17)18/h4-14,24-26,37,42-43H,3,15-23,27-28H2,1-2H3;4,6-7,14-16,23H,3,5,8-13,17-18H2,1-2H3;2-4,13-15,22,28H,5-12,16-17,27H2,1H3;1-8H. The number of benzene rings is 10. The highest BCUT2D eigenvalue weighted by Gasteiger charge is 2.33. The Bertz CT molecular complexity index is 6680. The van der Waals surface area contributed by atoms with Crippen LogP contribution < -0.4 is 19.9 Å². The fourth-order valence-electron chi connectivity index (χ4n) is 16.0. The van der Waals surface area contributed by atoms with Crippen molar-refractivity contribution < 1.29 is 102 Å². The van der Waals surface area contributed by atoms with Crippen molar-refractivity contribution in [3.05, 3.63) is 286 Å². The SMILES string of the molecule is CCCS(=O)(=O)c1ccc(-c2ccc(S(=O)(=O)NCCOCCOCCOCCNS(=O)(=O)c3cccc(C4CN(C)Cc5c(Cl)cc(Cl)cc54)c3)cc2)cc1.CCOCCOCCOCCCS(=O)(=O)c1cccc(C2CN(C)Cc3c(Cl)cc(Cl)cc32)c1.CN1Cc2c(Cl)cc(Cl)cc2C(c2cccc(S(=O)(=O)NCCOCCOCCOCCN)c2)C1.O=S(=O)(Cl)c1ccc(-c2ccc(S(=O)(=O)Cl)cc2)cc1. The molecule has 45 heteroatoms. The van der Waals surface area contributed by atoms with Crippen LogP contribution in [0.1, 0.15) is 94.5 Å². The van der Waals surface area contributed by atoms with Crippen molar-refractivity contribution >= 4 is 159 Å². The van der Waals surface area contributed by atoms with Gasteiger partial charge < -0.3 is 63.1 Å². The first kappa shape index (κ1) is 120. The lowest BCUT2D eigenvalue weighted by atomic mass is 9.85. The van der Waals surface area contributed by atoms with Crippen molar-refractivity contribution in [2.75, 3.05) is 197 Å². The molecule has 3 heterocycles. The third kappa shape index (κ3) is 37.8. The molecule has 145 heavy (non-hydrogen) atoms. The maximum Gasteiger partial charge on any atom is 0.261 e. The Labute approximate surface area is 891 Å². The third-order valence-corrected chi connectivity index (χ3v) is 35.6. The summed E-state index contributed by atoms with van der Waals surface area (Å²) in [4.78, 5) is 7.56. The van der Waals surface area contributed by atoms with Crippen molar-refractivity contribution in [2.24, 2.45) is 5.73 Å². The van der Waals surface area contributed by atoms with Gasteiger partial charge in [-0.3, -0.25) is 0 Å². The van der Waals surface area contributed by atoms with E-state index in [1.807, 2.05) is 71.4 Å². The Hall–Kier alpha value is -6.47. The number of nitrogens with zero attached hydrogens (tertiary/aromatic N) is 3. The summed E-state index contributed by atoms with van der Waals surface area (Å²) in [5, 5.41) is 3.56. The summed E-state index contributed by atoms with van der Waals surface area (Å²) < 4.78 is 229. The van der Waals surface area contributed by atoms with Crippen LogP contribution in [0.5, 0.6) is 0 Å². The third-order valence-electron chi connectivity index (χ3n) is 23.0. The van der Waals surface area contributed by atoms with Gasteiger partial charge in [0.1, 0.15) is 0 Å². The molecule has 0 saturated heterocycles. The van der Waals surface area contributed by atoms with E-state index < -0.39 is 67.8 Å². The Kier molecular flexibility index (Phi) is 48.5. The number of sulfonamides is 3. The fourth-order valence-corrected chi connectivity index (χ4v) is 25.1. The van der Waals surface area contributed by atoms with Crippen LogP contribution in [0.15, 0.2) is 241 Å². The zero-order valence-electron chi connectivity index (χ0n) is 80.7. The van der Waals surface area contributed by atoms with Crippen LogP contribution in [0.3, 0.4) is 0 Å². The van der Waals surface area contributed by atoms with E-state index in [-0.39, 0.29) is 125 Å². The number of hydrogen-bond acceptors (Lipinski definition) is 27. The van der Waals surface area contributed by atoms with Gasteiger partial charge in [0.05, 0.1) is 151 Å². The highest BCUT2D eigenvalue weighted by atomic mass is 35.7. The second kappa shape index (κ2) is 58.4. The number of hydrogen-bond donors (Lipinski definition) is 4. The minimum atomic E-state index is -3.79. The first-order valence-corrected chi connectivity index (χ1v) is 61.1. The van der Waals surface area contributed by atoms with Crippen LogP contribution >= 0.6 is 91.0 Å². The molecule has 0 bridgehead atoms. The molecule has 0 radical (unpaired) electrons. The Morgan fingerprint density at radius 3 is 0.903 bits per heavy atom. The molecule has 0 amide bonds. The van der Waals surface area contributed by atoms with E-state index in [0.29, 0.717) is 147 Å². The minimum absolute atomic E-state index is 0.00266. The predicted molar refractivity (Wildman–Crippen MR) is 570 cm³/mol. The van der Waals surface area contributed by atoms with Gasteiger partial charge in [-0.1, -0.05) is 161 Å². The van der Waals surface area contributed by atoms with Gasteiger partial charge in [0.25, 0.3) is 18.1 Å². The van der Waals surface area contributed by atoms with E-state index in [1.54, 1.807) is 133 Å². The molecular formula is C100H121Cl8N7O23S7. The monoisotopic (exact) mass is 2290 g/mol. The lowest BCUT2D eigenvalue weighted by Crippen LogP contribution is -2.31. The van der Waals surface area contributed by atoms with Crippen molar-refractivity contribution in [3.8, 4) is 22.3 Å². The van der Waals surface area contributed by atoms with E-state index in [0.717, 1.165) is 92.0 Å². The molecule has 0 aliphatic carbocycles. The summed E-state index contributed by atoms with van der Waals surface area (Å²) in [6.45, 7) is 15.7. The second-order valence-electron chi connectivity index (χ2n) is 33.9. The topological polar surface area (TPSA) is 394 Å². The molecule has 792 valence electrons. The summed E-state index contributed by atoms with van der Waals surface area (Å²) in [5.41, 5.74) is 17.1. The van der Waals surface area contributed by atoms with Gasteiger partial charge in [-0.25, -0.2) is 73.1 Å². The Balaban J connectivity index is 0.000000210. The average Bonchev–Trinajstić information content (AvgIpc) is 0.775. The van der Waals surface area contributed by atoms with Crippen molar-refractivity contribution in [1.29, 1.82) is 0 Å². The van der Waals surface area contributed by atoms with Gasteiger partial charge in [0, 0.05) is 148 Å². The molecule has 0 saturated carbocycles. The number of fused-ring (bicyclic) bond motifs is 3. The number of nitrogens with one attached hydrogen (secondary N) is 3. The molecule has 3 unspecified atom stereocenters. The summed E-state index contributed by atoms with van der Waals surface area (Å²) in [6.07, 6.45) is 0.957. The lowest BCUT2D eigenvalue weighted by Gasteiger charge is -2.33. The number of ether oxygens (including phenoxy) is 9. The molecular weight excluding hydrogens is 2180 g/mol. The normalized spacial score (nSPS) is 15.4. The van der Waals surface area contributed by atoms with Crippen LogP contribution in [0.4, 0.5) is 0 Å². The molecule has 3 aliphatic heterocycles. The van der Waals surface area contributed by atoms with E-state index in [1.165, 1.54) is 36.4 Å². The fraction of sp³-hybridized carbons (Fsp3) is 0.400. The molecule has 30 nitrogen and oxygen atoms in total. The molecule has 3 atom stereocenters. The Morgan fingerprint density at radius 2 is 0.586 bits per heavy atom. The highest BCUT2D eigenvalue weighted by molar-refractivity contribution is 8.14. The lowest BCUT2D eigenvalue weighted by molar-refractivity contribution is 0.0167. The molecule has 0 spiro atoms. The van der Waals surface area contributed by atoms with E-state index in [2.05, 4.69) is 28.9 Å². The van der Waals surface area contributed by atoms with Gasteiger partial charge in [-0.2, -0.15) is 0 Å². The van der Waals surface area contributed by atoms with Gasteiger partial charge in [0.2, 0.25) is 30.1 Å². The first-order valence-electron chi connectivity index (χ1n) is 46.4. The highest BCUT2D eigenvalue weighted by Crippen LogP contribution is 2.43. The molecule has 0 aromatic heterocycles. The van der Waals surface area contributed by atoms with Crippen molar-refractivity contribution in [2.45, 2.75) is 98.3 Å². The molecule has 13 rings (SSSR count). The summed E-state index contributed by atoms with van der Waals surface area (Å²) in [5.74, 6) is -0.0300. The van der Waals surface area contributed by atoms with Crippen LogP contribution in [-0.4, -0.2) is 271 Å². The van der Waals surface area contributed by atoms with Gasteiger partial charge >= 0.3 is 0 Å². The van der Waals surface area contributed by atoms with E-state index >= 15 is 0 Å². The molecule has 10 aromatic rings. The van der Waals surface area contributed by atoms with Gasteiger partial charge in [-0.15, -0.1) is 0 Å². The molecule has 5 N–H and O–H groups in total. The number of likely N-dealkylation sites (N-methyl/N-ethyl adjacent to an activating group) is 3. The number of halogens is 8. The maximum absolute atomic E-state index is 13.1. The summed E-state index contributed by atoms with van der Waals surface area (Å²) in [7, 11) is -9.00. The molecule has 3 aliphatic rings. The van der Waals surface area contributed by atoms with E-state index in [4.69, 9.17) is 139 Å². The van der Waals surface area contributed by atoms with Crippen molar-refractivity contribution in [1.82, 2.24) is 28.9 Å². The minimum Gasteiger partial charge on any atom is -0.379 e. The molecule has 10 aromatic carbocycles. The van der Waals surface area contributed by atoms with Gasteiger partial charge in [0.15, 0.2) is 19.7 Å². The van der Waals surface area contributed by atoms with Crippen LogP contribution in [0.25, 0.3) is 22.3 Å². The number of nitrogens with two attached hydrogens (primary N) is 1. The second-order valence-corrected chi connectivity index (χ2v) is 51.1. The van der Waals surface area contributed by atoms with Crippen LogP contribution in [-0.2, 0) is 130 Å². The van der Waals surface area contributed by atoms with Crippen molar-refractivity contribution in [3.63, 3.8) is 0 Å². The molecule has 0 fully saturated rings. The predicted octanol–water partition coefficient (Wildman–Crippen LogP) is 16.6. The van der Waals surface area contributed by atoms with Crippen LogP contribution in [0, 0.1) is 0 Å². The summed E-state index contributed by atoms with van der Waals surface area (Å²) in [6, 6.07) is 56.8. The number of rotatable bonds is 51. The smallest absolute Gasteiger partial charge is 0.261 e. The zero-order chi connectivity index (χ0) is 105. The quantitative estimate of drug-likeness (QED) is 0.0203. The first-order chi connectivity index (χ1) is 69.0. The van der Waals surface area contributed by atoms with Gasteiger partial charge in [-0.05, 0) is 235 Å².